The van der Waals surface area contributed by atoms with Crippen molar-refractivity contribution >= 4 is 18.0 Å². The summed E-state index contributed by atoms with van der Waals surface area (Å²) in [6, 6.07) is 7.96. The highest BCUT2D eigenvalue weighted by atomic mass is 16.4. The highest BCUT2D eigenvalue weighted by Crippen LogP contribution is 2.07. The maximum Gasteiger partial charge on any atom is 0.317 e. The van der Waals surface area contributed by atoms with Gasteiger partial charge in [-0.25, -0.2) is 0 Å². The Balaban J connectivity index is 1.86. The average molecular weight is 288 g/mol. The van der Waals surface area contributed by atoms with E-state index in [1.165, 1.54) is 0 Å². The van der Waals surface area contributed by atoms with E-state index in [1.54, 1.807) is 11.0 Å². The molecule has 0 aliphatic carbocycles. The molecule has 5 heteroatoms. The number of benzene rings is 1. The van der Waals surface area contributed by atoms with Crippen molar-refractivity contribution in [1.29, 1.82) is 0 Å². The lowest BCUT2D eigenvalue weighted by Crippen LogP contribution is -2.49. The first kappa shape index (κ1) is 15.3. The zero-order chi connectivity index (χ0) is 15.2. The fourth-order valence-electron chi connectivity index (χ4n) is 2.36. The third kappa shape index (κ3) is 4.72. The van der Waals surface area contributed by atoms with Crippen LogP contribution in [0, 0.1) is 6.92 Å². The molecule has 21 heavy (non-hydrogen) atoms. The van der Waals surface area contributed by atoms with Gasteiger partial charge in [0.25, 0.3) is 0 Å². The molecule has 1 aromatic rings. The van der Waals surface area contributed by atoms with E-state index in [-0.39, 0.29) is 12.5 Å². The van der Waals surface area contributed by atoms with Gasteiger partial charge in [-0.3, -0.25) is 14.5 Å². The number of carboxylic acid groups (broad SMARTS) is 1. The minimum atomic E-state index is -0.825. The fraction of sp³-hybridized carbons (Fsp3) is 0.375. The van der Waals surface area contributed by atoms with Crippen molar-refractivity contribution in [2.75, 3.05) is 32.7 Å². The smallest absolute Gasteiger partial charge is 0.317 e. The first-order valence-electron chi connectivity index (χ1n) is 7.02. The predicted molar refractivity (Wildman–Crippen MR) is 80.9 cm³/mol. The first-order valence-corrected chi connectivity index (χ1v) is 7.02. The van der Waals surface area contributed by atoms with Crippen molar-refractivity contribution < 1.29 is 14.7 Å². The highest BCUT2D eigenvalue weighted by molar-refractivity contribution is 5.91. The zero-order valence-electron chi connectivity index (χ0n) is 12.2. The summed E-state index contributed by atoms with van der Waals surface area (Å²) in [5, 5.41) is 8.74. The van der Waals surface area contributed by atoms with Crippen LogP contribution in [-0.2, 0) is 9.59 Å². The number of aliphatic carboxylic acids is 1. The van der Waals surface area contributed by atoms with Gasteiger partial charge in [0.15, 0.2) is 0 Å². The van der Waals surface area contributed by atoms with E-state index in [2.05, 4.69) is 0 Å². The topological polar surface area (TPSA) is 60.9 Å². The molecule has 1 aromatic carbocycles. The molecule has 1 heterocycles. The van der Waals surface area contributed by atoms with E-state index in [1.807, 2.05) is 42.2 Å². The van der Waals surface area contributed by atoms with E-state index >= 15 is 0 Å². The van der Waals surface area contributed by atoms with Gasteiger partial charge in [-0.2, -0.15) is 0 Å². The second-order valence-electron chi connectivity index (χ2n) is 5.24. The monoisotopic (exact) mass is 288 g/mol. The van der Waals surface area contributed by atoms with Gasteiger partial charge in [-0.05, 0) is 18.6 Å². The van der Waals surface area contributed by atoms with Crippen molar-refractivity contribution in [1.82, 2.24) is 9.80 Å². The van der Waals surface area contributed by atoms with Gasteiger partial charge in [0.05, 0.1) is 6.54 Å². The SMILES string of the molecule is Cc1cccc(/C=C/C(=O)N2CCN(CC(=O)O)CC2)c1. The quantitative estimate of drug-likeness (QED) is 0.847. The first-order chi connectivity index (χ1) is 10.0. The van der Waals surface area contributed by atoms with Crippen LogP contribution < -0.4 is 0 Å². The Kier molecular flexibility index (Phi) is 5.11. The van der Waals surface area contributed by atoms with Crippen LogP contribution in [0.15, 0.2) is 30.3 Å². The number of carboxylic acids is 1. The van der Waals surface area contributed by atoms with Crippen molar-refractivity contribution in [2.45, 2.75) is 6.92 Å². The Morgan fingerprint density at radius 3 is 2.57 bits per heavy atom. The summed E-state index contributed by atoms with van der Waals surface area (Å²) in [7, 11) is 0. The summed E-state index contributed by atoms with van der Waals surface area (Å²) in [5.41, 5.74) is 2.17. The molecule has 0 aromatic heterocycles. The molecule has 1 fully saturated rings. The third-order valence-electron chi connectivity index (χ3n) is 3.50. The maximum atomic E-state index is 12.1. The molecule has 112 valence electrons. The number of piperazine rings is 1. The molecule has 1 aliphatic rings. The van der Waals surface area contributed by atoms with E-state index in [9.17, 15) is 9.59 Å². The molecule has 0 unspecified atom stereocenters. The number of rotatable bonds is 4. The van der Waals surface area contributed by atoms with Crippen LogP contribution in [0.2, 0.25) is 0 Å². The van der Waals surface area contributed by atoms with Gasteiger partial charge >= 0.3 is 5.97 Å². The number of amides is 1. The van der Waals surface area contributed by atoms with Crippen LogP contribution >= 0.6 is 0 Å². The minimum absolute atomic E-state index is 0.0218. The number of carbonyl (C=O) groups excluding carboxylic acids is 1. The lowest BCUT2D eigenvalue weighted by molar-refractivity contribution is -0.139. The van der Waals surface area contributed by atoms with Crippen LogP contribution in [0.4, 0.5) is 0 Å². The van der Waals surface area contributed by atoms with Crippen molar-refractivity contribution in [3.8, 4) is 0 Å². The minimum Gasteiger partial charge on any atom is -0.480 e. The maximum absolute atomic E-state index is 12.1. The summed E-state index contributed by atoms with van der Waals surface area (Å²) in [6.07, 6.45) is 3.40. The van der Waals surface area contributed by atoms with Gasteiger partial charge < -0.3 is 10.0 Å². The molecule has 0 spiro atoms. The standard InChI is InChI=1S/C16H20N2O3/c1-13-3-2-4-14(11-13)5-6-15(19)18-9-7-17(8-10-18)12-16(20)21/h2-6,11H,7-10,12H2,1H3,(H,20,21)/b6-5+. The normalized spacial score (nSPS) is 16.3. The van der Waals surface area contributed by atoms with Crippen LogP contribution in [0.5, 0.6) is 0 Å². The van der Waals surface area contributed by atoms with E-state index in [0.717, 1.165) is 11.1 Å². The van der Waals surface area contributed by atoms with Gasteiger partial charge in [0, 0.05) is 32.3 Å². The Morgan fingerprint density at radius 2 is 1.95 bits per heavy atom. The largest absolute Gasteiger partial charge is 0.480 e. The number of hydrogen-bond donors (Lipinski definition) is 1. The van der Waals surface area contributed by atoms with Crippen LogP contribution in [0.25, 0.3) is 6.08 Å². The summed E-state index contributed by atoms with van der Waals surface area (Å²) in [4.78, 5) is 26.3. The zero-order valence-corrected chi connectivity index (χ0v) is 12.2. The lowest BCUT2D eigenvalue weighted by Gasteiger charge is -2.33. The molecule has 1 N–H and O–H groups in total. The molecular formula is C16H20N2O3. The van der Waals surface area contributed by atoms with Crippen LogP contribution in [-0.4, -0.2) is 59.5 Å². The van der Waals surface area contributed by atoms with E-state index in [4.69, 9.17) is 5.11 Å². The number of nitrogens with zero attached hydrogens (tertiary/aromatic N) is 2. The Hall–Kier alpha value is -2.14. The Bertz CT molecular complexity index is 546. The predicted octanol–water partition coefficient (Wildman–Crippen LogP) is 1.24. The molecular weight excluding hydrogens is 268 g/mol. The third-order valence-corrected chi connectivity index (χ3v) is 3.50. The Labute approximate surface area is 124 Å². The van der Waals surface area contributed by atoms with Gasteiger partial charge in [0.1, 0.15) is 0 Å². The average Bonchev–Trinajstić information content (AvgIpc) is 2.45. The molecule has 0 radical (unpaired) electrons. The van der Waals surface area contributed by atoms with E-state index in [0.29, 0.717) is 26.2 Å². The van der Waals surface area contributed by atoms with Gasteiger partial charge in [0.2, 0.25) is 5.91 Å². The Morgan fingerprint density at radius 1 is 1.24 bits per heavy atom. The molecule has 0 bridgehead atoms. The number of carbonyl (C=O) groups is 2. The molecule has 2 rings (SSSR count). The summed E-state index contributed by atoms with van der Waals surface area (Å²) in [6.45, 7) is 4.42. The molecule has 1 aliphatic heterocycles. The van der Waals surface area contributed by atoms with Gasteiger partial charge in [-0.1, -0.05) is 29.8 Å². The summed E-state index contributed by atoms with van der Waals surface area (Å²) >= 11 is 0. The van der Waals surface area contributed by atoms with Gasteiger partial charge in [-0.15, -0.1) is 0 Å². The van der Waals surface area contributed by atoms with E-state index < -0.39 is 5.97 Å². The molecule has 1 amide bonds. The molecule has 1 saturated heterocycles. The van der Waals surface area contributed by atoms with Crippen molar-refractivity contribution in [3.05, 3.63) is 41.5 Å². The van der Waals surface area contributed by atoms with Crippen molar-refractivity contribution in [2.24, 2.45) is 0 Å². The fourth-order valence-corrected chi connectivity index (χ4v) is 2.36. The van der Waals surface area contributed by atoms with Crippen LogP contribution in [0.1, 0.15) is 11.1 Å². The second-order valence-corrected chi connectivity index (χ2v) is 5.24. The summed E-state index contributed by atoms with van der Waals surface area (Å²) in [5.74, 6) is -0.847. The lowest BCUT2D eigenvalue weighted by atomic mass is 10.1. The molecule has 5 nitrogen and oxygen atoms in total. The summed E-state index contributed by atoms with van der Waals surface area (Å²) < 4.78 is 0. The number of aryl methyl sites for hydroxylation is 1. The molecule has 0 atom stereocenters. The highest BCUT2D eigenvalue weighted by Gasteiger charge is 2.20. The second kappa shape index (κ2) is 7.04. The van der Waals surface area contributed by atoms with Crippen LogP contribution in [0.3, 0.4) is 0 Å². The number of hydrogen-bond acceptors (Lipinski definition) is 3. The van der Waals surface area contributed by atoms with Crippen molar-refractivity contribution in [3.63, 3.8) is 0 Å². The molecule has 0 saturated carbocycles.